The van der Waals surface area contributed by atoms with Crippen LogP contribution in [-0.2, 0) is 0 Å². The van der Waals surface area contributed by atoms with Gasteiger partial charge in [0.15, 0.2) is 0 Å². The fourth-order valence-electron chi connectivity index (χ4n) is 1.72. The third-order valence-electron chi connectivity index (χ3n) is 2.50. The van der Waals surface area contributed by atoms with Crippen molar-refractivity contribution < 1.29 is 17.9 Å². The lowest BCUT2D eigenvalue weighted by atomic mass is 10.0. The van der Waals surface area contributed by atoms with Gasteiger partial charge in [-0.3, -0.25) is 0 Å². The summed E-state index contributed by atoms with van der Waals surface area (Å²) in [6, 6.07) is 11.8. The molecule has 0 N–H and O–H groups in total. The molecule has 5 heteroatoms. The van der Waals surface area contributed by atoms with Crippen molar-refractivity contribution in [2.24, 2.45) is 0 Å². The lowest BCUT2D eigenvalue weighted by molar-refractivity contribution is -0.274. The molecule has 19 heavy (non-hydrogen) atoms. The van der Waals surface area contributed by atoms with Crippen molar-refractivity contribution in [3.05, 3.63) is 51.6 Å². The summed E-state index contributed by atoms with van der Waals surface area (Å²) in [5.74, 6) is -0.207. The topological polar surface area (TPSA) is 9.23 Å². The van der Waals surface area contributed by atoms with Gasteiger partial charge in [-0.05, 0) is 58.8 Å². The van der Waals surface area contributed by atoms with E-state index in [1.54, 1.807) is 12.1 Å². The van der Waals surface area contributed by atoms with Crippen LogP contribution in [0, 0.1) is 10.5 Å². The van der Waals surface area contributed by atoms with E-state index in [0.29, 0.717) is 5.56 Å². The van der Waals surface area contributed by atoms with Crippen molar-refractivity contribution >= 4 is 22.6 Å². The van der Waals surface area contributed by atoms with Gasteiger partial charge in [-0.1, -0.05) is 29.8 Å². The number of alkyl halides is 3. The molecule has 0 saturated carbocycles. The van der Waals surface area contributed by atoms with Gasteiger partial charge in [-0.15, -0.1) is 13.2 Å². The Kier molecular flexibility index (Phi) is 4.03. The van der Waals surface area contributed by atoms with E-state index < -0.39 is 6.36 Å². The zero-order valence-corrected chi connectivity index (χ0v) is 12.1. The molecule has 0 spiro atoms. The predicted octanol–water partition coefficient (Wildman–Crippen LogP) is 5.17. The molecule has 2 aromatic rings. The monoisotopic (exact) mass is 378 g/mol. The van der Waals surface area contributed by atoms with Gasteiger partial charge in [0.1, 0.15) is 5.75 Å². The van der Waals surface area contributed by atoms with Gasteiger partial charge >= 0.3 is 6.36 Å². The molecule has 100 valence electrons. The molecule has 1 nitrogen and oxygen atoms in total. The molecule has 0 radical (unpaired) electrons. The number of aryl methyl sites for hydroxylation is 1. The van der Waals surface area contributed by atoms with E-state index in [4.69, 9.17) is 0 Å². The molecule has 0 bridgehead atoms. The molecule has 0 unspecified atom stereocenters. The fraction of sp³-hybridized carbons (Fsp3) is 0.143. The van der Waals surface area contributed by atoms with E-state index >= 15 is 0 Å². The maximum absolute atomic E-state index is 12.2. The van der Waals surface area contributed by atoms with Gasteiger partial charge in [-0.25, -0.2) is 0 Å². The highest BCUT2D eigenvalue weighted by atomic mass is 127. The molecule has 0 fully saturated rings. The Labute approximate surface area is 122 Å². The molecule has 0 aliphatic heterocycles. The minimum Gasteiger partial charge on any atom is -0.406 e. The Balaban J connectivity index is 2.38. The lowest BCUT2D eigenvalue weighted by Gasteiger charge is -2.11. The summed E-state index contributed by atoms with van der Waals surface area (Å²) in [6.07, 6.45) is -4.67. The number of hydrogen-bond acceptors (Lipinski definition) is 1. The summed E-state index contributed by atoms with van der Waals surface area (Å²) in [7, 11) is 0. The molecule has 0 aliphatic carbocycles. The van der Waals surface area contributed by atoms with Crippen molar-refractivity contribution in [2.75, 3.05) is 0 Å². The van der Waals surface area contributed by atoms with Gasteiger partial charge in [0.05, 0.1) is 0 Å². The summed E-state index contributed by atoms with van der Waals surface area (Å²) < 4.78 is 41.5. The molecule has 2 rings (SSSR count). The molecular weight excluding hydrogens is 368 g/mol. The Morgan fingerprint density at radius 1 is 1.05 bits per heavy atom. The SMILES string of the molecule is Cc1ccc(-c2cccc(OC(F)(F)F)c2)c(I)c1. The van der Waals surface area contributed by atoms with E-state index in [1.165, 1.54) is 12.1 Å². The average molecular weight is 378 g/mol. The summed E-state index contributed by atoms with van der Waals surface area (Å²) in [5.41, 5.74) is 2.70. The smallest absolute Gasteiger partial charge is 0.406 e. The minimum absolute atomic E-state index is 0.207. The summed E-state index contributed by atoms with van der Waals surface area (Å²) in [6.45, 7) is 1.97. The molecule has 0 saturated heterocycles. The van der Waals surface area contributed by atoms with Crippen LogP contribution in [0.3, 0.4) is 0 Å². The standard InChI is InChI=1S/C14H10F3IO/c1-9-5-6-12(13(18)7-9)10-3-2-4-11(8-10)19-14(15,16)17/h2-8H,1H3. The van der Waals surface area contributed by atoms with Crippen LogP contribution in [0.4, 0.5) is 13.2 Å². The van der Waals surface area contributed by atoms with Gasteiger partial charge < -0.3 is 4.74 Å². The zero-order chi connectivity index (χ0) is 14.0. The molecule has 0 aromatic heterocycles. The second kappa shape index (κ2) is 5.40. The Morgan fingerprint density at radius 2 is 1.79 bits per heavy atom. The normalized spacial score (nSPS) is 11.4. The maximum Gasteiger partial charge on any atom is 0.573 e. The Hall–Kier alpha value is -1.24. The van der Waals surface area contributed by atoms with Crippen LogP contribution in [-0.4, -0.2) is 6.36 Å². The molecule has 0 atom stereocenters. The lowest BCUT2D eigenvalue weighted by Crippen LogP contribution is -2.17. The van der Waals surface area contributed by atoms with Gasteiger partial charge in [0.25, 0.3) is 0 Å². The fourth-order valence-corrected chi connectivity index (χ4v) is 2.70. The highest BCUT2D eigenvalue weighted by molar-refractivity contribution is 14.1. The van der Waals surface area contributed by atoms with Crippen LogP contribution in [0.1, 0.15) is 5.56 Å². The van der Waals surface area contributed by atoms with Crippen molar-refractivity contribution in [1.82, 2.24) is 0 Å². The van der Waals surface area contributed by atoms with E-state index in [0.717, 1.165) is 14.7 Å². The number of hydrogen-bond donors (Lipinski definition) is 0. The minimum atomic E-state index is -4.67. The summed E-state index contributed by atoms with van der Waals surface area (Å²) in [4.78, 5) is 0. The van der Waals surface area contributed by atoms with Crippen LogP contribution in [0.5, 0.6) is 5.75 Å². The third-order valence-corrected chi connectivity index (χ3v) is 3.40. The number of ether oxygens (including phenoxy) is 1. The Bertz CT molecular complexity index is 593. The first-order valence-corrected chi connectivity index (χ1v) is 6.55. The average Bonchev–Trinajstić information content (AvgIpc) is 2.26. The molecule has 2 aromatic carbocycles. The van der Waals surface area contributed by atoms with Crippen LogP contribution in [0.2, 0.25) is 0 Å². The van der Waals surface area contributed by atoms with E-state index in [9.17, 15) is 13.2 Å². The number of benzene rings is 2. The molecule has 0 amide bonds. The van der Waals surface area contributed by atoms with Crippen LogP contribution in [0.25, 0.3) is 11.1 Å². The second-order valence-corrected chi connectivity index (χ2v) is 5.22. The van der Waals surface area contributed by atoms with E-state index in [1.807, 2.05) is 25.1 Å². The zero-order valence-electron chi connectivity index (χ0n) is 9.96. The van der Waals surface area contributed by atoms with Crippen LogP contribution < -0.4 is 4.74 Å². The van der Waals surface area contributed by atoms with Gasteiger partial charge in [0, 0.05) is 3.57 Å². The highest BCUT2D eigenvalue weighted by Gasteiger charge is 2.31. The molecule has 0 heterocycles. The van der Waals surface area contributed by atoms with Crippen molar-refractivity contribution in [2.45, 2.75) is 13.3 Å². The van der Waals surface area contributed by atoms with E-state index in [2.05, 4.69) is 27.3 Å². The predicted molar refractivity (Wildman–Crippen MR) is 76.0 cm³/mol. The summed E-state index contributed by atoms with van der Waals surface area (Å²) >= 11 is 2.17. The molecular formula is C14H10F3IO. The third kappa shape index (κ3) is 3.86. The number of rotatable bonds is 2. The quantitative estimate of drug-likeness (QED) is 0.656. The number of halogens is 4. The van der Waals surface area contributed by atoms with Crippen molar-refractivity contribution in [1.29, 1.82) is 0 Å². The first-order chi connectivity index (χ1) is 8.85. The van der Waals surface area contributed by atoms with E-state index in [-0.39, 0.29) is 5.75 Å². The largest absolute Gasteiger partial charge is 0.573 e. The first kappa shape index (κ1) is 14.2. The first-order valence-electron chi connectivity index (χ1n) is 5.47. The molecule has 0 aliphatic rings. The summed E-state index contributed by atoms with van der Waals surface area (Å²) in [5, 5.41) is 0. The highest BCUT2D eigenvalue weighted by Crippen LogP contribution is 2.30. The van der Waals surface area contributed by atoms with Crippen molar-refractivity contribution in [3.8, 4) is 16.9 Å². The van der Waals surface area contributed by atoms with Crippen LogP contribution >= 0.6 is 22.6 Å². The van der Waals surface area contributed by atoms with Crippen LogP contribution in [0.15, 0.2) is 42.5 Å². The van der Waals surface area contributed by atoms with Crippen molar-refractivity contribution in [3.63, 3.8) is 0 Å². The van der Waals surface area contributed by atoms with Gasteiger partial charge in [-0.2, -0.15) is 0 Å². The Morgan fingerprint density at radius 3 is 2.42 bits per heavy atom. The maximum atomic E-state index is 12.2. The van der Waals surface area contributed by atoms with Gasteiger partial charge in [0.2, 0.25) is 0 Å². The second-order valence-electron chi connectivity index (χ2n) is 4.06.